The molecule has 0 spiro atoms. The van der Waals surface area contributed by atoms with Gasteiger partial charge in [0.2, 0.25) is 0 Å². The zero-order valence-electron chi connectivity index (χ0n) is 56.0. The first-order chi connectivity index (χ1) is 40.8. The molecule has 0 saturated carbocycles. The smallest absolute Gasteiger partial charge is 0.487 e. The van der Waals surface area contributed by atoms with Crippen LogP contribution in [0.3, 0.4) is 0 Å². The van der Waals surface area contributed by atoms with E-state index in [0.29, 0.717) is 34.8 Å². The van der Waals surface area contributed by atoms with Gasteiger partial charge in [-0.2, -0.15) is 21.6 Å². The molecule has 0 fully saturated rings. The van der Waals surface area contributed by atoms with Gasteiger partial charge in [0, 0.05) is 6.42 Å². The molecule has 0 radical (unpaired) electrons. The van der Waals surface area contributed by atoms with Crippen LogP contribution in [0.4, 0.5) is 13.2 Å². The molecule has 0 amide bonds. The molecule has 4 aromatic rings. The first-order valence-corrected chi connectivity index (χ1v) is 35.5. The highest BCUT2D eigenvalue weighted by molar-refractivity contribution is 7.92. The fourth-order valence-electron chi connectivity index (χ4n) is 10.9. The second-order valence-corrected chi connectivity index (χ2v) is 31.3. The molecule has 0 saturated heterocycles. The lowest BCUT2D eigenvalue weighted by Crippen LogP contribution is -2.43. The van der Waals surface area contributed by atoms with Crippen molar-refractivity contribution >= 4 is 29.8 Å². The molecule has 6 rings (SSSR count). The van der Waals surface area contributed by atoms with E-state index in [0.717, 1.165) is 109 Å². The zero-order valence-corrected chi connectivity index (χ0v) is 58.4. The van der Waals surface area contributed by atoms with Crippen molar-refractivity contribution in [1.29, 1.82) is 0 Å². The number of ether oxygens (including phenoxy) is 2. The molecule has 0 bridgehead atoms. The van der Waals surface area contributed by atoms with Crippen LogP contribution < -0.4 is 9.47 Å². The fraction of sp³-hybridized carbons (Fsp3) is 0.507. The van der Waals surface area contributed by atoms with E-state index >= 15 is 0 Å². The maximum Gasteiger partial charge on any atom is 0.523 e. The van der Waals surface area contributed by atoms with Gasteiger partial charge in [-0.25, -0.2) is 16.8 Å². The Morgan fingerprint density at radius 2 is 0.886 bits per heavy atom. The van der Waals surface area contributed by atoms with Gasteiger partial charge in [0.15, 0.2) is 19.7 Å². The van der Waals surface area contributed by atoms with Crippen LogP contribution in [0.15, 0.2) is 140 Å². The Hall–Kier alpha value is -5.48. The Kier molecular flexibility index (Phi) is 27.7. The second kappa shape index (κ2) is 32.5. The van der Waals surface area contributed by atoms with Crippen molar-refractivity contribution in [1.82, 2.24) is 0 Å². The molecule has 1 unspecified atom stereocenters. The van der Waals surface area contributed by atoms with Crippen LogP contribution in [0.25, 0.3) is 0 Å². The van der Waals surface area contributed by atoms with E-state index in [4.69, 9.17) is 9.47 Å². The van der Waals surface area contributed by atoms with Gasteiger partial charge in [0.25, 0.3) is 0 Å². The quantitative estimate of drug-likeness (QED) is 0.0405. The molecule has 3 atom stereocenters. The maximum absolute atomic E-state index is 14.0. The number of rotatable bonds is 23. The van der Waals surface area contributed by atoms with Crippen molar-refractivity contribution < 1.29 is 52.1 Å². The third-order valence-electron chi connectivity index (χ3n) is 17.4. The first-order valence-electron chi connectivity index (χ1n) is 30.8. The van der Waals surface area contributed by atoms with E-state index in [9.17, 15) is 38.4 Å². The lowest BCUT2D eigenvalue weighted by molar-refractivity contribution is -0.0606. The van der Waals surface area contributed by atoms with E-state index in [1.165, 1.54) is 50.1 Å². The number of fused-ring (bicyclic) bond motifs is 2. The van der Waals surface area contributed by atoms with Crippen LogP contribution in [0, 0.1) is 55.4 Å². The monoisotopic (exact) mass is 1270 g/mol. The van der Waals surface area contributed by atoms with Gasteiger partial charge in [0.1, 0.15) is 29.3 Å². The highest BCUT2D eigenvalue weighted by atomic mass is 32.2. The van der Waals surface area contributed by atoms with Crippen molar-refractivity contribution in [3.63, 3.8) is 0 Å². The van der Waals surface area contributed by atoms with Gasteiger partial charge in [-0.3, -0.25) is 4.18 Å². The molecule has 0 aromatic heterocycles. The van der Waals surface area contributed by atoms with Crippen LogP contribution >= 0.6 is 0 Å². The SMILES string of the molecule is CC(C)=CCC/C(C)=C/CC/C(C)=C/C(C[C@]1(C)CCc2c(C)c(C)c(C)c(C)c2O1)S(=O)(=O)c1ccccc1.CC(C)=CCC/C(C)=C/CC/C(C)=C/CS(=O)(=O)c1ccccc1.Cc1c(C)c(C)c2c(c1C)CC[C@@](C)(COS(=O)(=O)C(F)(F)F)O2. The first kappa shape index (κ1) is 75.0. The lowest BCUT2D eigenvalue weighted by atomic mass is 9.83. The van der Waals surface area contributed by atoms with Crippen molar-refractivity contribution in [3.8, 4) is 11.5 Å². The van der Waals surface area contributed by atoms with Gasteiger partial charge >= 0.3 is 15.6 Å². The molecule has 486 valence electrons. The molecule has 4 aromatic carbocycles. The predicted octanol–water partition coefficient (Wildman–Crippen LogP) is 19.4. The Labute approximate surface area is 528 Å². The molecule has 9 nitrogen and oxygen atoms in total. The Balaban J connectivity index is 0.000000299. The number of halogens is 3. The average molecular weight is 1280 g/mol. The maximum atomic E-state index is 14.0. The van der Waals surface area contributed by atoms with Crippen molar-refractivity contribution in [3.05, 3.63) is 186 Å². The van der Waals surface area contributed by atoms with Gasteiger partial charge in [-0.05, 0) is 282 Å². The number of hydrogen-bond acceptors (Lipinski definition) is 9. The topological polar surface area (TPSA) is 130 Å². The fourth-order valence-corrected chi connectivity index (χ4v) is 14.6. The highest BCUT2D eigenvalue weighted by Gasteiger charge is 2.49. The van der Waals surface area contributed by atoms with Crippen molar-refractivity contribution in [2.24, 2.45) is 0 Å². The van der Waals surface area contributed by atoms with Crippen LogP contribution in [0.1, 0.15) is 196 Å². The van der Waals surface area contributed by atoms with E-state index in [2.05, 4.69) is 112 Å². The van der Waals surface area contributed by atoms with Crippen LogP contribution in [-0.4, -0.2) is 59.6 Å². The molecular formula is C73H101F3O9S3. The molecule has 0 N–H and O–H groups in total. The van der Waals surface area contributed by atoms with Crippen LogP contribution in [0.2, 0.25) is 0 Å². The second-order valence-electron chi connectivity index (χ2n) is 25.5. The molecule has 2 aliphatic heterocycles. The standard InChI is InChI=1S/C36H50O3S.C21H30O2S.C16H21F3O4S/c1-25(2)15-13-16-26(3)17-14-18-27(4)23-33(40(37,38)32-19-11-10-12-20-32)24-36(9)22-21-34-30(7)28(5)29(6)31(8)35(34)39-36;1-18(2)10-8-11-19(3)12-9-13-20(4)16-17-24(22,23)21-14-6-5-7-15-21;1-9-10(2)12(4)14-13(11(9)3)6-7-15(5,23-14)8-22-24(20,21)16(17,18)19/h10-12,15,17,19-20,23,33H,13-14,16,18,21-22,24H2,1-9H3;5-7,10,12,14-16H,8-9,11,13,17H2,1-4H3;6-8H2,1-5H3/b26-17+,27-23+;19-12+,20-16+;/t33?,36-;;15-/m0.0/s1. The third kappa shape index (κ3) is 21.6. The summed E-state index contributed by atoms with van der Waals surface area (Å²) in [5.41, 5.74) is 12.2. The molecule has 2 heterocycles. The summed E-state index contributed by atoms with van der Waals surface area (Å²) >= 11 is 0. The molecule has 15 heteroatoms. The number of sulfone groups is 2. The molecule has 0 aliphatic carbocycles. The number of benzene rings is 4. The number of hydrogen-bond donors (Lipinski definition) is 0. The Morgan fingerprint density at radius 3 is 1.32 bits per heavy atom. The van der Waals surface area contributed by atoms with E-state index < -0.39 is 58.4 Å². The molecule has 2 aliphatic rings. The van der Waals surface area contributed by atoms with Crippen molar-refractivity contribution in [2.45, 2.75) is 240 Å². The summed E-state index contributed by atoms with van der Waals surface area (Å²) in [7, 11) is -12.4. The van der Waals surface area contributed by atoms with E-state index in [1.807, 2.05) is 58.9 Å². The summed E-state index contributed by atoms with van der Waals surface area (Å²) in [5, 5.41) is -0.655. The zero-order chi connectivity index (χ0) is 66.2. The van der Waals surface area contributed by atoms with Gasteiger partial charge in [-0.1, -0.05) is 106 Å². The van der Waals surface area contributed by atoms with E-state index in [1.54, 1.807) is 55.5 Å². The Bertz CT molecular complexity index is 3580. The summed E-state index contributed by atoms with van der Waals surface area (Å²) < 4.78 is 129. The summed E-state index contributed by atoms with van der Waals surface area (Å²) in [6, 6.07) is 17.5. The highest BCUT2D eigenvalue weighted by Crippen LogP contribution is 2.44. The largest absolute Gasteiger partial charge is 0.523 e. The van der Waals surface area contributed by atoms with Gasteiger partial charge < -0.3 is 9.47 Å². The summed E-state index contributed by atoms with van der Waals surface area (Å²) in [6.45, 7) is 36.4. The minimum absolute atomic E-state index is 0.0755. The number of alkyl halides is 3. The average Bonchev–Trinajstić information content (AvgIpc) is 2.94. The van der Waals surface area contributed by atoms with Gasteiger partial charge in [-0.15, -0.1) is 0 Å². The molecular weight excluding hydrogens is 1170 g/mol. The van der Waals surface area contributed by atoms with Gasteiger partial charge in [0.05, 0.1) is 20.8 Å². The predicted molar refractivity (Wildman–Crippen MR) is 358 cm³/mol. The van der Waals surface area contributed by atoms with E-state index in [-0.39, 0.29) is 5.75 Å². The lowest BCUT2D eigenvalue weighted by Gasteiger charge is -2.39. The number of allylic oxidation sites excluding steroid dienone is 10. The summed E-state index contributed by atoms with van der Waals surface area (Å²) in [4.78, 5) is 0.765. The Morgan fingerprint density at radius 1 is 0.511 bits per heavy atom. The van der Waals surface area contributed by atoms with Crippen LogP contribution in [0.5, 0.6) is 11.5 Å². The minimum atomic E-state index is -5.63. The summed E-state index contributed by atoms with van der Waals surface area (Å²) in [6.07, 6.45) is 24.0. The minimum Gasteiger partial charge on any atom is -0.487 e. The van der Waals surface area contributed by atoms with Crippen LogP contribution in [-0.2, 0) is 46.8 Å². The summed E-state index contributed by atoms with van der Waals surface area (Å²) in [5.74, 6) is 1.66. The molecule has 88 heavy (non-hydrogen) atoms. The third-order valence-corrected chi connectivity index (χ3v) is 22.0. The van der Waals surface area contributed by atoms with Crippen molar-refractivity contribution in [2.75, 3.05) is 12.4 Å². The normalized spacial score (nSPS) is 17.8.